The summed E-state index contributed by atoms with van der Waals surface area (Å²) in [5, 5.41) is 4.54. The molecule has 6 heteroatoms. The fraction of sp³-hybridized carbons (Fsp3) is 0.529. The first-order valence-electron chi connectivity index (χ1n) is 8.04. The number of anilines is 1. The molecule has 1 unspecified atom stereocenters. The number of thiazole rings is 1. The smallest absolute Gasteiger partial charge is 0.409 e. The zero-order valence-corrected chi connectivity index (χ0v) is 14.7. The highest BCUT2D eigenvalue weighted by molar-refractivity contribution is 7.22. The van der Waals surface area contributed by atoms with E-state index < -0.39 is 0 Å². The summed E-state index contributed by atoms with van der Waals surface area (Å²) in [6.07, 6.45) is 1.77. The molecule has 1 aromatic carbocycles. The number of ether oxygens (including phenoxy) is 1. The van der Waals surface area contributed by atoms with Gasteiger partial charge in [0.2, 0.25) is 0 Å². The van der Waals surface area contributed by atoms with Gasteiger partial charge >= 0.3 is 6.09 Å². The summed E-state index contributed by atoms with van der Waals surface area (Å²) in [6, 6.07) is 6.57. The van der Waals surface area contributed by atoms with Crippen LogP contribution in [0.4, 0.5) is 9.93 Å². The molecule has 1 fully saturated rings. The van der Waals surface area contributed by atoms with E-state index in [2.05, 4.69) is 36.3 Å². The Bertz CT molecular complexity index is 692. The SMILES string of the molecule is COC(=O)N1CCC(C(C)Nc2nc3cccc(C)c3s2)CC1. The number of amides is 1. The summed E-state index contributed by atoms with van der Waals surface area (Å²) < 4.78 is 6.04. The fourth-order valence-corrected chi connectivity index (χ4v) is 4.20. The van der Waals surface area contributed by atoms with Crippen LogP contribution in [0.25, 0.3) is 10.2 Å². The minimum Gasteiger partial charge on any atom is -0.453 e. The number of aromatic nitrogens is 1. The van der Waals surface area contributed by atoms with Crippen LogP contribution in [0, 0.1) is 12.8 Å². The van der Waals surface area contributed by atoms with Crippen molar-refractivity contribution >= 4 is 32.8 Å². The molecule has 1 aromatic heterocycles. The second-order valence-corrected chi connectivity index (χ2v) is 7.17. The summed E-state index contributed by atoms with van der Waals surface area (Å²) in [7, 11) is 1.44. The average molecular weight is 333 g/mol. The molecule has 2 heterocycles. The van der Waals surface area contributed by atoms with Crippen molar-refractivity contribution in [3.05, 3.63) is 23.8 Å². The Balaban J connectivity index is 1.61. The first-order valence-corrected chi connectivity index (χ1v) is 8.85. The van der Waals surface area contributed by atoms with Crippen LogP contribution in [-0.2, 0) is 4.74 Å². The third-order valence-corrected chi connectivity index (χ3v) is 5.78. The predicted molar refractivity (Wildman–Crippen MR) is 94.1 cm³/mol. The minimum absolute atomic E-state index is 0.217. The highest BCUT2D eigenvalue weighted by Gasteiger charge is 2.27. The number of hydrogen-bond donors (Lipinski definition) is 1. The van der Waals surface area contributed by atoms with Crippen LogP contribution in [0.2, 0.25) is 0 Å². The lowest BCUT2D eigenvalue weighted by molar-refractivity contribution is 0.104. The molecular formula is C17H23N3O2S. The maximum absolute atomic E-state index is 11.5. The van der Waals surface area contributed by atoms with Crippen molar-refractivity contribution in [3.63, 3.8) is 0 Å². The molecule has 1 amide bonds. The lowest BCUT2D eigenvalue weighted by Gasteiger charge is -2.34. The third kappa shape index (κ3) is 3.42. The van der Waals surface area contributed by atoms with E-state index in [1.807, 2.05) is 6.07 Å². The van der Waals surface area contributed by atoms with Crippen LogP contribution < -0.4 is 5.32 Å². The Morgan fingerprint density at radius 3 is 2.83 bits per heavy atom. The monoisotopic (exact) mass is 333 g/mol. The topological polar surface area (TPSA) is 54.5 Å². The molecule has 1 atom stereocenters. The van der Waals surface area contributed by atoms with Crippen molar-refractivity contribution < 1.29 is 9.53 Å². The van der Waals surface area contributed by atoms with E-state index in [0.29, 0.717) is 12.0 Å². The molecule has 0 saturated carbocycles. The van der Waals surface area contributed by atoms with Gasteiger partial charge in [0.25, 0.3) is 0 Å². The second-order valence-electron chi connectivity index (χ2n) is 6.17. The predicted octanol–water partition coefficient (Wildman–Crippen LogP) is 3.88. The number of benzene rings is 1. The number of nitrogens with zero attached hydrogens (tertiary/aromatic N) is 2. The number of hydrogen-bond acceptors (Lipinski definition) is 5. The van der Waals surface area contributed by atoms with Crippen molar-refractivity contribution in [1.82, 2.24) is 9.88 Å². The molecule has 124 valence electrons. The molecule has 0 bridgehead atoms. The van der Waals surface area contributed by atoms with Crippen molar-refractivity contribution in [3.8, 4) is 0 Å². The standard InChI is InChI=1S/C17H23N3O2S/c1-11-5-4-6-14-15(11)23-16(19-14)18-12(2)13-7-9-20(10-8-13)17(21)22-3/h4-6,12-13H,7-10H2,1-3H3,(H,18,19). The Kier molecular flexibility index (Phi) is 4.71. The first kappa shape index (κ1) is 16.1. The largest absolute Gasteiger partial charge is 0.453 e. The van der Waals surface area contributed by atoms with Crippen molar-refractivity contribution in [2.75, 3.05) is 25.5 Å². The van der Waals surface area contributed by atoms with Gasteiger partial charge in [-0.3, -0.25) is 0 Å². The Morgan fingerprint density at radius 2 is 2.17 bits per heavy atom. The summed E-state index contributed by atoms with van der Waals surface area (Å²) >= 11 is 1.72. The highest BCUT2D eigenvalue weighted by Crippen LogP contribution is 2.30. The number of carbonyl (C=O) groups is 1. The number of fused-ring (bicyclic) bond motifs is 1. The van der Waals surface area contributed by atoms with Crippen LogP contribution in [-0.4, -0.2) is 42.2 Å². The number of aryl methyl sites for hydroxylation is 1. The van der Waals surface area contributed by atoms with Gasteiger partial charge in [0.05, 0.1) is 17.3 Å². The molecule has 3 rings (SSSR count). The summed E-state index contributed by atoms with van der Waals surface area (Å²) in [5.74, 6) is 0.545. The number of methoxy groups -OCH3 is 1. The number of carbonyl (C=O) groups excluding carboxylic acids is 1. The van der Waals surface area contributed by atoms with Gasteiger partial charge in [-0.05, 0) is 44.2 Å². The zero-order valence-electron chi connectivity index (χ0n) is 13.8. The van der Waals surface area contributed by atoms with Gasteiger partial charge in [0.15, 0.2) is 5.13 Å². The molecule has 1 aliphatic heterocycles. The fourth-order valence-electron chi connectivity index (χ4n) is 3.17. The molecular weight excluding hydrogens is 310 g/mol. The Morgan fingerprint density at radius 1 is 1.43 bits per heavy atom. The van der Waals surface area contributed by atoms with Crippen LogP contribution in [0.15, 0.2) is 18.2 Å². The van der Waals surface area contributed by atoms with Crippen LogP contribution in [0.1, 0.15) is 25.3 Å². The van der Waals surface area contributed by atoms with Gasteiger partial charge < -0.3 is 15.0 Å². The summed E-state index contributed by atoms with van der Waals surface area (Å²) in [6.45, 7) is 5.86. The number of piperidine rings is 1. The minimum atomic E-state index is -0.217. The van der Waals surface area contributed by atoms with Gasteiger partial charge in [-0.1, -0.05) is 23.5 Å². The lowest BCUT2D eigenvalue weighted by Crippen LogP contribution is -2.42. The number of nitrogens with one attached hydrogen (secondary N) is 1. The Labute approximate surface area is 140 Å². The first-order chi connectivity index (χ1) is 11.1. The van der Waals surface area contributed by atoms with Crippen molar-refractivity contribution in [1.29, 1.82) is 0 Å². The molecule has 1 N–H and O–H groups in total. The van der Waals surface area contributed by atoms with E-state index in [4.69, 9.17) is 4.74 Å². The van der Waals surface area contributed by atoms with E-state index in [9.17, 15) is 4.79 Å². The molecule has 1 aliphatic rings. The summed E-state index contributed by atoms with van der Waals surface area (Å²) in [4.78, 5) is 18.0. The highest BCUT2D eigenvalue weighted by atomic mass is 32.1. The van der Waals surface area contributed by atoms with E-state index >= 15 is 0 Å². The molecule has 5 nitrogen and oxygen atoms in total. The molecule has 0 aliphatic carbocycles. The molecule has 2 aromatic rings. The van der Waals surface area contributed by atoms with Gasteiger partial charge in [-0.2, -0.15) is 0 Å². The van der Waals surface area contributed by atoms with Crippen LogP contribution in [0.5, 0.6) is 0 Å². The van der Waals surface area contributed by atoms with E-state index in [1.54, 1.807) is 16.2 Å². The number of rotatable bonds is 3. The zero-order chi connectivity index (χ0) is 16.4. The summed E-state index contributed by atoms with van der Waals surface area (Å²) in [5.41, 5.74) is 2.33. The normalized spacial score (nSPS) is 17.3. The van der Waals surface area contributed by atoms with E-state index in [-0.39, 0.29) is 6.09 Å². The number of likely N-dealkylation sites (tertiary alicyclic amines) is 1. The molecule has 0 spiro atoms. The van der Waals surface area contributed by atoms with Gasteiger partial charge in [0.1, 0.15) is 0 Å². The molecule has 23 heavy (non-hydrogen) atoms. The van der Waals surface area contributed by atoms with E-state index in [0.717, 1.165) is 36.6 Å². The quantitative estimate of drug-likeness (QED) is 0.926. The third-order valence-electron chi connectivity index (χ3n) is 4.64. The van der Waals surface area contributed by atoms with Crippen molar-refractivity contribution in [2.24, 2.45) is 5.92 Å². The van der Waals surface area contributed by atoms with Gasteiger partial charge in [-0.15, -0.1) is 0 Å². The molecule has 0 radical (unpaired) electrons. The second kappa shape index (κ2) is 6.74. The lowest BCUT2D eigenvalue weighted by atomic mass is 9.90. The average Bonchev–Trinajstić information content (AvgIpc) is 2.98. The van der Waals surface area contributed by atoms with Crippen LogP contribution >= 0.6 is 11.3 Å². The van der Waals surface area contributed by atoms with E-state index in [1.165, 1.54) is 17.4 Å². The van der Waals surface area contributed by atoms with Gasteiger partial charge in [0, 0.05) is 19.1 Å². The maximum atomic E-state index is 11.5. The van der Waals surface area contributed by atoms with Crippen LogP contribution in [0.3, 0.4) is 0 Å². The Hall–Kier alpha value is -1.82. The maximum Gasteiger partial charge on any atom is 0.409 e. The van der Waals surface area contributed by atoms with Gasteiger partial charge in [-0.25, -0.2) is 9.78 Å². The van der Waals surface area contributed by atoms with Crippen molar-refractivity contribution in [2.45, 2.75) is 32.7 Å². The molecule has 1 saturated heterocycles.